The summed E-state index contributed by atoms with van der Waals surface area (Å²) in [6.45, 7) is 6.10. The van der Waals surface area contributed by atoms with E-state index in [0.29, 0.717) is 46.2 Å². The number of hydrogen-bond acceptors (Lipinski definition) is 8. The molecule has 3 heterocycles. The van der Waals surface area contributed by atoms with Crippen molar-refractivity contribution in [2.24, 2.45) is 4.99 Å². The maximum Gasteiger partial charge on any atom is 0.240 e. The monoisotopic (exact) mass is 485 g/mol. The zero-order chi connectivity index (χ0) is 24.7. The third kappa shape index (κ3) is 4.47. The molecular weight excluding hydrogens is 456 g/mol. The number of aromatic nitrogens is 2. The van der Waals surface area contributed by atoms with Crippen molar-refractivity contribution < 1.29 is 18.3 Å². The molecule has 4 rings (SSSR count). The molecule has 1 aliphatic heterocycles. The molecule has 10 nitrogen and oxygen atoms in total. The number of nitrogens with two attached hydrogens (primary N) is 1. The number of quaternary nitrogens is 1. The highest BCUT2D eigenvalue weighted by atomic mass is 32.2. The molecule has 180 valence electrons. The zero-order valence-electron chi connectivity index (χ0n) is 19.6. The lowest BCUT2D eigenvalue weighted by Crippen LogP contribution is -2.56. The summed E-state index contributed by atoms with van der Waals surface area (Å²) in [5, 5.41) is 11.1. The van der Waals surface area contributed by atoms with Gasteiger partial charge in [-0.15, -0.1) is 0 Å². The molecule has 1 aromatic carbocycles. The smallest absolute Gasteiger partial charge is 0.240 e. The van der Waals surface area contributed by atoms with E-state index in [1.165, 1.54) is 0 Å². The van der Waals surface area contributed by atoms with Crippen LogP contribution in [0.15, 0.2) is 47.6 Å². The number of amidine groups is 1. The standard InChI is InChI=1S/C23H29N6O4S/c1-5-33-13-18-27-20-21(19-17(26-22(20)24)10-7-11-25-19)29(18,14-23(2,3)30)16-9-6-8-15(12-16)28-34(4,31)32/h6-12,28,30H,5,13-14H2,1-4H3,(H2,24,26)/q+1. The molecule has 11 heteroatoms. The Morgan fingerprint density at radius 2 is 2.00 bits per heavy atom. The summed E-state index contributed by atoms with van der Waals surface area (Å²) in [6, 6.07) is 10.6. The summed E-state index contributed by atoms with van der Waals surface area (Å²) in [4.78, 5) is 13.9. The fourth-order valence-electron chi connectivity index (χ4n) is 4.38. The topological polar surface area (TPSA) is 140 Å². The van der Waals surface area contributed by atoms with Crippen molar-refractivity contribution in [2.45, 2.75) is 26.4 Å². The minimum atomic E-state index is -3.51. The van der Waals surface area contributed by atoms with Crippen molar-refractivity contribution in [2.75, 3.05) is 36.5 Å². The number of aliphatic hydroxyl groups is 1. The van der Waals surface area contributed by atoms with Crippen LogP contribution >= 0.6 is 0 Å². The van der Waals surface area contributed by atoms with Gasteiger partial charge in [-0.05, 0) is 39.0 Å². The van der Waals surface area contributed by atoms with E-state index in [0.717, 1.165) is 6.26 Å². The Labute approximate surface area is 198 Å². The van der Waals surface area contributed by atoms with Crippen molar-refractivity contribution in [3.05, 3.63) is 42.6 Å². The maximum absolute atomic E-state index is 11.9. The third-order valence-corrected chi connectivity index (χ3v) is 6.04. The molecule has 1 aliphatic rings. The number of pyridine rings is 2. The van der Waals surface area contributed by atoms with E-state index < -0.39 is 15.6 Å². The van der Waals surface area contributed by atoms with Crippen LogP contribution in [0.1, 0.15) is 20.8 Å². The first-order valence-electron chi connectivity index (χ1n) is 10.8. The molecule has 1 atom stereocenters. The molecule has 1 unspecified atom stereocenters. The van der Waals surface area contributed by atoms with E-state index in [1.54, 1.807) is 44.3 Å². The Kier molecular flexibility index (Phi) is 6.06. The highest BCUT2D eigenvalue weighted by Crippen LogP contribution is 2.53. The number of nitrogens with zero attached hydrogens (tertiary/aromatic N) is 4. The number of rotatable bonds is 8. The van der Waals surface area contributed by atoms with Crippen molar-refractivity contribution >= 4 is 55.5 Å². The van der Waals surface area contributed by atoms with Crippen LogP contribution in [0.3, 0.4) is 0 Å². The van der Waals surface area contributed by atoms with Gasteiger partial charge in [-0.25, -0.2) is 22.9 Å². The van der Waals surface area contributed by atoms with E-state index >= 15 is 0 Å². The van der Waals surface area contributed by atoms with Gasteiger partial charge < -0.3 is 15.6 Å². The molecule has 2 aromatic heterocycles. The number of aliphatic imine (C=N–C) groups is 1. The lowest BCUT2D eigenvalue weighted by Gasteiger charge is -2.38. The van der Waals surface area contributed by atoms with Gasteiger partial charge in [-0.2, -0.15) is 4.99 Å². The summed E-state index contributed by atoms with van der Waals surface area (Å²) in [5.41, 5.74) is 8.56. The molecule has 4 N–H and O–H groups in total. The summed E-state index contributed by atoms with van der Waals surface area (Å²) >= 11 is 0. The number of nitrogen functional groups attached to an aromatic ring is 1. The van der Waals surface area contributed by atoms with Gasteiger partial charge in [0.2, 0.25) is 21.5 Å². The fourth-order valence-corrected chi connectivity index (χ4v) is 4.93. The Morgan fingerprint density at radius 3 is 2.68 bits per heavy atom. The van der Waals surface area contributed by atoms with Crippen LogP contribution in [0.4, 0.5) is 28.6 Å². The molecule has 0 saturated heterocycles. The number of anilines is 2. The van der Waals surface area contributed by atoms with Crippen LogP contribution in [0.5, 0.6) is 0 Å². The van der Waals surface area contributed by atoms with Crippen molar-refractivity contribution in [1.29, 1.82) is 0 Å². The summed E-state index contributed by atoms with van der Waals surface area (Å²) in [7, 11) is -3.51. The van der Waals surface area contributed by atoms with Gasteiger partial charge in [0, 0.05) is 24.9 Å². The fraction of sp³-hybridized carbons (Fsp3) is 0.348. The van der Waals surface area contributed by atoms with Gasteiger partial charge in [0.15, 0.2) is 17.0 Å². The number of ether oxygens (including phenoxy) is 1. The van der Waals surface area contributed by atoms with Crippen molar-refractivity contribution in [1.82, 2.24) is 14.5 Å². The van der Waals surface area contributed by atoms with Gasteiger partial charge in [0.1, 0.15) is 24.4 Å². The van der Waals surface area contributed by atoms with Gasteiger partial charge in [-0.3, -0.25) is 4.72 Å². The average Bonchev–Trinajstić information content (AvgIpc) is 3.05. The summed E-state index contributed by atoms with van der Waals surface area (Å²) in [6.07, 6.45) is 2.76. The van der Waals surface area contributed by atoms with Crippen LogP contribution in [-0.2, 0) is 14.8 Å². The van der Waals surface area contributed by atoms with E-state index in [4.69, 9.17) is 15.5 Å². The second kappa shape index (κ2) is 8.58. The predicted octanol–water partition coefficient (Wildman–Crippen LogP) is 3.07. The molecule has 3 aromatic rings. The van der Waals surface area contributed by atoms with E-state index in [1.807, 2.05) is 19.1 Å². The minimum absolute atomic E-state index is 0.0433. The maximum atomic E-state index is 11.9. The number of hydrogen-bond donors (Lipinski definition) is 3. The molecule has 0 aliphatic carbocycles. The molecule has 0 bridgehead atoms. The van der Waals surface area contributed by atoms with Crippen molar-refractivity contribution in [3.63, 3.8) is 0 Å². The van der Waals surface area contributed by atoms with Crippen LogP contribution in [0.2, 0.25) is 0 Å². The number of nitrogens with one attached hydrogen (secondary N) is 1. The lowest BCUT2D eigenvalue weighted by molar-refractivity contribution is 0.0659. The first-order valence-corrected chi connectivity index (χ1v) is 12.7. The lowest BCUT2D eigenvalue weighted by atomic mass is 10.0. The van der Waals surface area contributed by atoms with Gasteiger partial charge in [0.25, 0.3) is 0 Å². The Balaban J connectivity index is 2.09. The van der Waals surface area contributed by atoms with Gasteiger partial charge in [0.05, 0.1) is 17.5 Å². The first kappa shape index (κ1) is 24.0. The average molecular weight is 486 g/mol. The number of sulfonamides is 1. The van der Waals surface area contributed by atoms with Crippen LogP contribution < -0.4 is 14.9 Å². The van der Waals surface area contributed by atoms with Crippen LogP contribution in [0.25, 0.3) is 11.0 Å². The van der Waals surface area contributed by atoms with Gasteiger partial charge in [-0.1, -0.05) is 6.07 Å². The number of fused-ring (bicyclic) bond motifs is 3. The van der Waals surface area contributed by atoms with E-state index in [2.05, 4.69) is 14.7 Å². The van der Waals surface area contributed by atoms with Crippen LogP contribution in [-0.4, -0.2) is 60.9 Å². The highest BCUT2D eigenvalue weighted by Gasteiger charge is 2.51. The molecular formula is C23H29N6O4S+. The highest BCUT2D eigenvalue weighted by molar-refractivity contribution is 7.92. The Morgan fingerprint density at radius 1 is 1.24 bits per heavy atom. The SMILES string of the molecule is CCOCC1=Nc2c(N)nc3cccnc3c2[N+]1(CC(C)(C)O)c1cccc(NS(C)(=O)=O)c1. The second-order valence-electron chi connectivity index (χ2n) is 8.94. The molecule has 0 amide bonds. The van der Waals surface area contributed by atoms with Crippen molar-refractivity contribution in [3.8, 4) is 0 Å². The largest absolute Gasteiger partial charge is 0.385 e. The minimum Gasteiger partial charge on any atom is -0.385 e. The van der Waals surface area contributed by atoms with Gasteiger partial charge >= 0.3 is 0 Å². The first-order chi connectivity index (χ1) is 15.9. The molecule has 0 radical (unpaired) electrons. The Hall–Kier alpha value is -3.12. The van der Waals surface area contributed by atoms with E-state index in [-0.39, 0.29) is 23.5 Å². The van der Waals surface area contributed by atoms with Crippen LogP contribution in [0, 0.1) is 0 Å². The molecule has 34 heavy (non-hydrogen) atoms. The number of benzene rings is 1. The molecule has 0 fully saturated rings. The summed E-state index contributed by atoms with van der Waals surface area (Å²) < 4.78 is 32.1. The second-order valence-corrected chi connectivity index (χ2v) is 10.7. The Bertz CT molecular complexity index is 1380. The summed E-state index contributed by atoms with van der Waals surface area (Å²) in [5.74, 6) is 0.827. The third-order valence-electron chi connectivity index (χ3n) is 5.43. The predicted molar refractivity (Wildman–Crippen MR) is 135 cm³/mol. The van der Waals surface area contributed by atoms with E-state index in [9.17, 15) is 13.5 Å². The quantitative estimate of drug-likeness (QED) is 0.417. The normalized spacial score (nSPS) is 18.1. The molecule has 0 saturated carbocycles. The molecule has 0 spiro atoms. The zero-order valence-corrected chi connectivity index (χ0v) is 20.4.